The number of hydrogen-bond acceptors (Lipinski definition) is 5. The summed E-state index contributed by atoms with van der Waals surface area (Å²) >= 11 is 0. The van der Waals surface area contributed by atoms with Crippen molar-refractivity contribution in [2.45, 2.75) is 6.92 Å². The topological polar surface area (TPSA) is 89.6 Å². The number of para-hydroxylation sites is 1. The van der Waals surface area contributed by atoms with Gasteiger partial charge in [0.2, 0.25) is 0 Å². The molecule has 4 N–H and O–H groups in total. The first kappa shape index (κ1) is 13.1. The third kappa shape index (κ3) is 2.67. The number of nitrogens with zero attached hydrogens (tertiary/aromatic N) is 3. The molecule has 0 aliphatic carbocycles. The average molecular weight is 277 g/mol. The van der Waals surface area contributed by atoms with Crippen LogP contribution >= 0.6 is 0 Å². The standard InChI is InChI=1S/C16H15N5/c1-10-8-13(18)15(9-12(10)17)20-21-16-7-6-11-4-2-3-5-14(11)19-16/h2-9H,17-18H2,1H3. The monoisotopic (exact) mass is 277 g/mol. The third-order valence-corrected chi connectivity index (χ3v) is 3.26. The Labute approximate surface area is 122 Å². The molecule has 5 nitrogen and oxygen atoms in total. The number of anilines is 2. The summed E-state index contributed by atoms with van der Waals surface area (Å²) in [5, 5.41) is 9.34. The molecule has 0 spiro atoms. The number of nitrogens with two attached hydrogens (primary N) is 2. The molecule has 3 aromatic rings. The summed E-state index contributed by atoms with van der Waals surface area (Å²) < 4.78 is 0. The smallest absolute Gasteiger partial charge is 0.174 e. The predicted octanol–water partition coefficient (Wildman–Crippen LogP) is 4.12. The van der Waals surface area contributed by atoms with Gasteiger partial charge in [0.15, 0.2) is 5.82 Å². The Morgan fingerprint density at radius 3 is 2.57 bits per heavy atom. The molecule has 0 radical (unpaired) electrons. The summed E-state index contributed by atoms with van der Waals surface area (Å²) in [6.07, 6.45) is 0. The van der Waals surface area contributed by atoms with Gasteiger partial charge < -0.3 is 11.5 Å². The summed E-state index contributed by atoms with van der Waals surface area (Å²) in [4.78, 5) is 4.43. The largest absolute Gasteiger partial charge is 0.398 e. The minimum absolute atomic E-state index is 0.534. The number of hydrogen-bond donors (Lipinski definition) is 2. The summed E-state index contributed by atoms with van der Waals surface area (Å²) in [5.41, 5.74) is 15.3. The van der Waals surface area contributed by atoms with Gasteiger partial charge in [-0.25, -0.2) is 4.98 Å². The summed E-state index contributed by atoms with van der Waals surface area (Å²) in [5.74, 6) is 0.534. The highest BCUT2D eigenvalue weighted by molar-refractivity contribution is 5.79. The second kappa shape index (κ2) is 5.20. The van der Waals surface area contributed by atoms with E-state index < -0.39 is 0 Å². The zero-order valence-corrected chi connectivity index (χ0v) is 11.6. The lowest BCUT2D eigenvalue weighted by atomic mass is 10.1. The minimum atomic E-state index is 0.534. The van der Waals surface area contributed by atoms with Gasteiger partial charge in [0.05, 0.1) is 11.2 Å². The number of pyridine rings is 1. The molecule has 2 aromatic carbocycles. The highest BCUT2D eigenvalue weighted by Gasteiger charge is 2.02. The van der Waals surface area contributed by atoms with Crippen molar-refractivity contribution in [3.8, 4) is 0 Å². The number of aromatic nitrogens is 1. The van der Waals surface area contributed by atoms with E-state index in [1.807, 2.05) is 43.3 Å². The van der Waals surface area contributed by atoms with E-state index in [2.05, 4.69) is 15.2 Å². The fourth-order valence-electron chi connectivity index (χ4n) is 2.04. The van der Waals surface area contributed by atoms with E-state index in [1.165, 1.54) is 0 Å². The van der Waals surface area contributed by atoms with E-state index >= 15 is 0 Å². The van der Waals surface area contributed by atoms with Crippen LogP contribution in [-0.4, -0.2) is 4.98 Å². The Hall–Kier alpha value is -2.95. The maximum Gasteiger partial charge on any atom is 0.174 e. The number of azo groups is 1. The van der Waals surface area contributed by atoms with Gasteiger partial charge in [0.1, 0.15) is 5.69 Å². The lowest BCUT2D eigenvalue weighted by Crippen LogP contribution is -1.92. The van der Waals surface area contributed by atoms with Gasteiger partial charge in [0.25, 0.3) is 0 Å². The van der Waals surface area contributed by atoms with E-state index in [0.29, 0.717) is 22.9 Å². The van der Waals surface area contributed by atoms with Crippen molar-refractivity contribution < 1.29 is 0 Å². The molecule has 0 aliphatic rings. The number of rotatable bonds is 2. The molecule has 3 rings (SSSR count). The minimum Gasteiger partial charge on any atom is -0.398 e. The van der Waals surface area contributed by atoms with Crippen molar-refractivity contribution in [2.75, 3.05) is 11.5 Å². The molecule has 21 heavy (non-hydrogen) atoms. The van der Waals surface area contributed by atoms with E-state index in [9.17, 15) is 0 Å². The van der Waals surface area contributed by atoms with Crippen LogP contribution in [0.25, 0.3) is 10.9 Å². The Kier molecular flexibility index (Phi) is 3.23. The van der Waals surface area contributed by atoms with Crippen LogP contribution in [0, 0.1) is 6.92 Å². The van der Waals surface area contributed by atoms with Gasteiger partial charge in [-0.2, -0.15) is 0 Å². The maximum atomic E-state index is 5.92. The zero-order chi connectivity index (χ0) is 14.8. The molecule has 0 atom stereocenters. The molecule has 0 bridgehead atoms. The molecule has 104 valence electrons. The molecule has 0 unspecified atom stereocenters. The van der Waals surface area contributed by atoms with E-state index in [-0.39, 0.29) is 0 Å². The van der Waals surface area contributed by atoms with Gasteiger partial charge in [0, 0.05) is 11.1 Å². The number of aryl methyl sites for hydroxylation is 1. The van der Waals surface area contributed by atoms with Crippen LogP contribution < -0.4 is 11.5 Å². The SMILES string of the molecule is Cc1cc(N)c(N=Nc2ccc3ccccc3n2)cc1N. The Morgan fingerprint density at radius 1 is 0.905 bits per heavy atom. The van der Waals surface area contributed by atoms with Crippen LogP contribution in [0.15, 0.2) is 58.8 Å². The Balaban J connectivity index is 1.96. The second-order valence-corrected chi connectivity index (χ2v) is 4.83. The van der Waals surface area contributed by atoms with Crippen molar-refractivity contribution in [1.82, 2.24) is 4.98 Å². The van der Waals surface area contributed by atoms with Crippen LogP contribution in [0.2, 0.25) is 0 Å². The number of benzene rings is 2. The average Bonchev–Trinajstić information content (AvgIpc) is 2.49. The lowest BCUT2D eigenvalue weighted by Gasteiger charge is -2.04. The second-order valence-electron chi connectivity index (χ2n) is 4.83. The Morgan fingerprint density at radius 2 is 1.71 bits per heavy atom. The molecular weight excluding hydrogens is 262 g/mol. The van der Waals surface area contributed by atoms with Gasteiger partial charge in [-0.3, -0.25) is 0 Å². The van der Waals surface area contributed by atoms with Crippen molar-refractivity contribution in [2.24, 2.45) is 10.2 Å². The normalized spacial score (nSPS) is 11.3. The highest BCUT2D eigenvalue weighted by atomic mass is 15.1. The van der Waals surface area contributed by atoms with Crippen molar-refractivity contribution in [3.63, 3.8) is 0 Å². The fraction of sp³-hybridized carbons (Fsp3) is 0.0625. The van der Waals surface area contributed by atoms with Gasteiger partial charge >= 0.3 is 0 Å². The molecular formula is C16H15N5. The Bertz CT molecular complexity index is 839. The fourth-order valence-corrected chi connectivity index (χ4v) is 2.04. The maximum absolute atomic E-state index is 5.92. The number of nitrogen functional groups attached to an aromatic ring is 2. The molecule has 0 aliphatic heterocycles. The molecule has 5 heteroatoms. The van der Waals surface area contributed by atoms with Crippen molar-refractivity contribution >= 4 is 33.8 Å². The molecule has 0 saturated carbocycles. The van der Waals surface area contributed by atoms with Crippen LogP contribution in [0.3, 0.4) is 0 Å². The van der Waals surface area contributed by atoms with Gasteiger partial charge in [-0.15, -0.1) is 10.2 Å². The van der Waals surface area contributed by atoms with Gasteiger partial charge in [-0.1, -0.05) is 18.2 Å². The van der Waals surface area contributed by atoms with Crippen LogP contribution in [-0.2, 0) is 0 Å². The zero-order valence-electron chi connectivity index (χ0n) is 11.6. The third-order valence-electron chi connectivity index (χ3n) is 3.26. The van der Waals surface area contributed by atoms with Crippen molar-refractivity contribution in [1.29, 1.82) is 0 Å². The number of fused-ring (bicyclic) bond motifs is 1. The van der Waals surface area contributed by atoms with Crippen LogP contribution in [0.5, 0.6) is 0 Å². The molecule has 0 amide bonds. The molecule has 1 aromatic heterocycles. The van der Waals surface area contributed by atoms with Crippen LogP contribution in [0.1, 0.15) is 5.56 Å². The van der Waals surface area contributed by atoms with Crippen molar-refractivity contribution in [3.05, 3.63) is 54.1 Å². The van der Waals surface area contributed by atoms with Crippen LogP contribution in [0.4, 0.5) is 22.9 Å². The highest BCUT2D eigenvalue weighted by Crippen LogP contribution is 2.29. The summed E-state index contributed by atoms with van der Waals surface area (Å²) in [6.45, 7) is 1.90. The van der Waals surface area contributed by atoms with E-state index in [4.69, 9.17) is 11.5 Å². The molecule has 1 heterocycles. The quantitative estimate of drug-likeness (QED) is 0.545. The van der Waals surface area contributed by atoms with E-state index in [1.54, 1.807) is 12.1 Å². The summed E-state index contributed by atoms with van der Waals surface area (Å²) in [7, 11) is 0. The lowest BCUT2D eigenvalue weighted by molar-refractivity contribution is 1.18. The summed E-state index contributed by atoms with van der Waals surface area (Å²) in [6, 6.07) is 15.1. The van der Waals surface area contributed by atoms with E-state index in [0.717, 1.165) is 16.5 Å². The predicted molar refractivity (Wildman–Crippen MR) is 85.9 cm³/mol. The first-order valence-corrected chi connectivity index (χ1v) is 6.56. The molecule has 0 fully saturated rings. The first-order chi connectivity index (χ1) is 10.1. The van der Waals surface area contributed by atoms with Gasteiger partial charge in [-0.05, 0) is 42.8 Å². The molecule has 0 saturated heterocycles. The first-order valence-electron chi connectivity index (χ1n) is 6.56.